The lowest BCUT2D eigenvalue weighted by molar-refractivity contribution is -0.847. The van der Waals surface area contributed by atoms with Gasteiger partial charge in [-0.3, -0.25) is 0 Å². The monoisotopic (exact) mass is 124 g/mol. The molecule has 2 saturated heterocycles. The third kappa shape index (κ3) is 0.245. The number of nitrogens with zero attached hydrogens (tertiary/aromatic N) is 1. The minimum absolute atomic E-state index is 1.02. The molecule has 9 heavy (non-hydrogen) atoms. The standard InChI is InChI=1S/C8H14N/c1-4-6-7(4)9(3)5(2)8(6)9/h4-8H,1-3H3/q+1. The molecule has 1 heteroatoms. The van der Waals surface area contributed by atoms with E-state index in [1.165, 1.54) is 4.48 Å². The molecular weight excluding hydrogens is 110 g/mol. The topological polar surface area (TPSA) is 0 Å². The Balaban J connectivity index is 1.96. The van der Waals surface area contributed by atoms with Crippen molar-refractivity contribution in [2.75, 3.05) is 7.05 Å². The first-order chi connectivity index (χ1) is 4.19. The van der Waals surface area contributed by atoms with E-state index in [2.05, 4.69) is 20.9 Å². The summed E-state index contributed by atoms with van der Waals surface area (Å²) in [5.41, 5.74) is 0. The fraction of sp³-hybridized carbons (Fsp3) is 1.00. The SMILES string of the molecule is CC1C2C1[N+]1(C)C(C)C21. The maximum Gasteiger partial charge on any atom is 0.151 e. The van der Waals surface area contributed by atoms with Gasteiger partial charge in [-0.05, 0) is 6.92 Å². The van der Waals surface area contributed by atoms with E-state index in [9.17, 15) is 0 Å². The predicted octanol–water partition coefficient (Wildman–Crippen LogP) is 0.852. The summed E-state index contributed by atoms with van der Waals surface area (Å²) in [5, 5.41) is 0. The van der Waals surface area contributed by atoms with Crippen molar-refractivity contribution in [1.82, 2.24) is 0 Å². The molecule has 1 aliphatic carbocycles. The zero-order valence-corrected chi connectivity index (χ0v) is 6.33. The minimum Gasteiger partial charge on any atom is -0.308 e. The van der Waals surface area contributed by atoms with Crippen LogP contribution in [0, 0.1) is 11.8 Å². The third-order valence-corrected chi connectivity index (χ3v) is 4.36. The Labute approximate surface area is 56.2 Å². The Kier molecular flexibility index (Phi) is 0.461. The van der Waals surface area contributed by atoms with Crippen molar-refractivity contribution >= 4 is 0 Å². The summed E-state index contributed by atoms with van der Waals surface area (Å²) < 4.78 is 1.45. The fourth-order valence-corrected chi connectivity index (χ4v) is 3.62. The van der Waals surface area contributed by atoms with E-state index in [1.807, 2.05) is 0 Å². The summed E-state index contributed by atoms with van der Waals surface area (Å²) in [4.78, 5) is 0. The van der Waals surface area contributed by atoms with E-state index in [0.29, 0.717) is 0 Å². The van der Waals surface area contributed by atoms with Crippen molar-refractivity contribution in [2.24, 2.45) is 11.8 Å². The molecule has 3 rings (SSSR count). The molecule has 6 atom stereocenters. The van der Waals surface area contributed by atoms with Crippen molar-refractivity contribution in [2.45, 2.75) is 32.0 Å². The second-order valence-electron chi connectivity index (χ2n) is 4.38. The lowest BCUT2D eigenvalue weighted by Crippen LogP contribution is -2.37. The lowest BCUT2D eigenvalue weighted by atomic mass is 10.2. The van der Waals surface area contributed by atoms with Crippen LogP contribution in [-0.4, -0.2) is 29.7 Å². The van der Waals surface area contributed by atoms with Crippen LogP contribution in [0.5, 0.6) is 0 Å². The van der Waals surface area contributed by atoms with Crippen LogP contribution in [0.25, 0.3) is 0 Å². The molecule has 3 fully saturated rings. The highest BCUT2D eigenvalue weighted by atomic mass is 15.6. The number of hydrogen-bond acceptors (Lipinski definition) is 0. The Hall–Kier alpha value is -0.0400. The van der Waals surface area contributed by atoms with Gasteiger partial charge in [-0.1, -0.05) is 6.92 Å². The number of quaternary nitrogens is 1. The summed E-state index contributed by atoms with van der Waals surface area (Å²) in [5.74, 6) is 2.24. The number of likely N-dealkylation sites (N-methyl/N-ethyl adjacent to an activating group) is 1. The molecular formula is C8H14N+. The summed E-state index contributed by atoms with van der Waals surface area (Å²) in [6.07, 6.45) is 0. The van der Waals surface area contributed by atoms with Crippen LogP contribution >= 0.6 is 0 Å². The molecule has 0 aromatic carbocycles. The quantitative estimate of drug-likeness (QED) is 0.332. The Bertz CT molecular complexity index is 181. The average Bonchev–Trinajstić information content (AvgIpc) is 2.45. The molecule has 6 unspecified atom stereocenters. The van der Waals surface area contributed by atoms with E-state index in [4.69, 9.17) is 0 Å². The van der Waals surface area contributed by atoms with Crippen molar-refractivity contribution < 1.29 is 4.48 Å². The van der Waals surface area contributed by atoms with E-state index >= 15 is 0 Å². The summed E-state index contributed by atoms with van der Waals surface area (Å²) in [6.45, 7) is 4.82. The van der Waals surface area contributed by atoms with Crippen molar-refractivity contribution in [3.05, 3.63) is 0 Å². The molecule has 0 N–H and O–H groups in total. The molecule has 2 aliphatic heterocycles. The normalized spacial score (nSPS) is 82.3. The van der Waals surface area contributed by atoms with Gasteiger partial charge in [-0.15, -0.1) is 0 Å². The third-order valence-electron chi connectivity index (χ3n) is 4.36. The molecule has 2 heterocycles. The second kappa shape index (κ2) is 0.878. The molecule has 50 valence electrons. The molecule has 0 aromatic rings. The van der Waals surface area contributed by atoms with Gasteiger partial charge in [-0.25, -0.2) is 0 Å². The summed E-state index contributed by atoms with van der Waals surface area (Å²) >= 11 is 0. The number of fused-ring (bicyclic) bond motifs is 4. The van der Waals surface area contributed by atoms with Crippen LogP contribution in [-0.2, 0) is 0 Å². The largest absolute Gasteiger partial charge is 0.308 e. The van der Waals surface area contributed by atoms with Crippen LogP contribution in [0.1, 0.15) is 13.8 Å². The first-order valence-corrected chi connectivity index (χ1v) is 4.04. The minimum atomic E-state index is 1.02. The van der Waals surface area contributed by atoms with E-state index in [0.717, 1.165) is 30.0 Å². The molecule has 1 nitrogen and oxygen atoms in total. The van der Waals surface area contributed by atoms with Gasteiger partial charge in [0.2, 0.25) is 0 Å². The molecule has 0 aromatic heterocycles. The number of hydrogen-bond donors (Lipinski definition) is 0. The zero-order valence-electron chi connectivity index (χ0n) is 6.33. The molecule has 1 saturated carbocycles. The predicted molar refractivity (Wildman–Crippen MR) is 35.9 cm³/mol. The van der Waals surface area contributed by atoms with Crippen LogP contribution in [0.2, 0.25) is 0 Å². The van der Waals surface area contributed by atoms with Crippen LogP contribution in [0.3, 0.4) is 0 Å². The highest BCUT2D eigenvalue weighted by Gasteiger charge is 2.91. The number of piperidine rings is 1. The van der Waals surface area contributed by atoms with Gasteiger partial charge < -0.3 is 4.48 Å². The van der Waals surface area contributed by atoms with Gasteiger partial charge in [0.05, 0.1) is 13.0 Å². The fourth-order valence-electron chi connectivity index (χ4n) is 3.62. The van der Waals surface area contributed by atoms with Gasteiger partial charge in [0.15, 0.2) is 6.04 Å². The molecule has 0 spiro atoms. The highest BCUT2D eigenvalue weighted by Crippen LogP contribution is 2.73. The number of rotatable bonds is 0. The van der Waals surface area contributed by atoms with Crippen LogP contribution in [0.15, 0.2) is 0 Å². The molecule has 0 radical (unpaired) electrons. The second-order valence-corrected chi connectivity index (χ2v) is 4.38. The van der Waals surface area contributed by atoms with Gasteiger partial charge in [0.1, 0.15) is 12.1 Å². The molecule has 0 bridgehead atoms. The Morgan fingerprint density at radius 2 is 1.78 bits per heavy atom. The van der Waals surface area contributed by atoms with Gasteiger partial charge in [0.25, 0.3) is 0 Å². The van der Waals surface area contributed by atoms with Crippen LogP contribution in [0.4, 0.5) is 0 Å². The van der Waals surface area contributed by atoms with E-state index in [-0.39, 0.29) is 0 Å². The molecule has 3 aliphatic rings. The first kappa shape index (κ1) is 4.73. The van der Waals surface area contributed by atoms with Gasteiger partial charge in [-0.2, -0.15) is 0 Å². The zero-order chi connectivity index (χ0) is 6.39. The van der Waals surface area contributed by atoms with E-state index < -0.39 is 0 Å². The van der Waals surface area contributed by atoms with Crippen LogP contribution < -0.4 is 0 Å². The smallest absolute Gasteiger partial charge is 0.151 e. The van der Waals surface area contributed by atoms with Crippen molar-refractivity contribution in [3.8, 4) is 0 Å². The molecule has 0 amide bonds. The lowest BCUT2D eigenvalue weighted by Gasteiger charge is -2.21. The van der Waals surface area contributed by atoms with E-state index in [1.54, 1.807) is 0 Å². The Morgan fingerprint density at radius 1 is 1.11 bits per heavy atom. The first-order valence-electron chi connectivity index (χ1n) is 4.04. The maximum atomic E-state index is 2.43. The summed E-state index contributed by atoms with van der Waals surface area (Å²) in [6, 6.07) is 3.23. The maximum absolute atomic E-state index is 2.43. The van der Waals surface area contributed by atoms with Crippen molar-refractivity contribution in [3.63, 3.8) is 0 Å². The highest BCUT2D eigenvalue weighted by molar-refractivity contribution is 5.20. The summed E-state index contributed by atoms with van der Waals surface area (Å²) in [7, 11) is 2.43. The van der Waals surface area contributed by atoms with Gasteiger partial charge in [0, 0.05) is 5.92 Å². The Morgan fingerprint density at radius 3 is 2.11 bits per heavy atom. The van der Waals surface area contributed by atoms with Crippen molar-refractivity contribution in [1.29, 1.82) is 0 Å². The average molecular weight is 124 g/mol. The van der Waals surface area contributed by atoms with Gasteiger partial charge >= 0.3 is 0 Å².